The number of aliphatic hydroxyl groups excluding tert-OH is 1. The number of fused-ring (bicyclic) bond motifs is 4. The maximum absolute atomic E-state index is 9.60. The Labute approximate surface area is 120 Å². The van der Waals surface area contributed by atoms with Crippen LogP contribution in [0.4, 0.5) is 0 Å². The fourth-order valence-electron chi connectivity index (χ4n) is 4.25. The Bertz CT molecular complexity index is 519. The van der Waals surface area contributed by atoms with E-state index in [1.165, 1.54) is 24.1 Å². The van der Waals surface area contributed by atoms with Gasteiger partial charge >= 0.3 is 0 Å². The van der Waals surface area contributed by atoms with Crippen LogP contribution < -0.4 is 0 Å². The van der Waals surface area contributed by atoms with Crippen molar-refractivity contribution in [3.63, 3.8) is 0 Å². The summed E-state index contributed by atoms with van der Waals surface area (Å²) in [7, 11) is 0. The Morgan fingerprint density at radius 3 is 2.68 bits per heavy atom. The van der Waals surface area contributed by atoms with Crippen LogP contribution in [0.2, 0.25) is 0 Å². The molecule has 2 fully saturated rings. The average molecular weight is 280 g/mol. The second kappa shape index (κ2) is 3.89. The number of halogens is 1. The first-order chi connectivity index (χ1) is 8.88. The van der Waals surface area contributed by atoms with Crippen LogP contribution in [0.3, 0.4) is 0 Å². The molecule has 1 saturated heterocycles. The molecular weight excluding hydrogens is 258 g/mol. The van der Waals surface area contributed by atoms with Gasteiger partial charge in [0.25, 0.3) is 0 Å². The fourth-order valence-corrected chi connectivity index (χ4v) is 4.36. The van der Waals surface area contributed by atoms with E-state index in [1.54, 1.807) is 6.92 Å². The van der Waals surface area contributed by atoms with Crippen molar-refractivity contribution >= 4 is 11.6 Å². The van der Waals surface area contributed by atoms with Crippen LogP contribution in [0.15, 0.2) is 34.5 Å². The highest BCUT2D eigenvalue weighted by Crippen LogP contribution is 2.74. The summed E-state index contributed by atoms with van der Waals surface area (Å²) in [6, 6.07) is 0.525. The van der Waals surface area contributed by atoms with Crippen LogP contribution in [-0.2, 0) is 0 Å². The molecule has 2 aliphatic heterocycles. The number of aliphatic hydroxyl groups is 1. The van der Waals surface area contributed by atoms with E-state index >= 15 is 0 Å². The van der Waals surface area contributed by atoms with Gasteiger partial charge in [-0.15, -0.1) is 0 Å². The topological polar surface area (TPSA) is 23.5 Å². The summed E-state index contributed by atoms with van der Waals surface area (Å²) >= 11 is 6.17. The van der Waals surface area contributed by atoms with Gasteiger partial charge in [0.2, 0.25) is 0 Å². The molecule has 19 heavy (non-hydrogen) atoms. The molecule has 4 atom stereocenters. The number of rotatable bonds is 3. The molecule has 0 aromatic heterocycles. The number of allylic oxidation sites excluding steroid dienone is 1. The predicted octanol–water partition coefficient (Wildman–Crippen LogP) is 3.58. The lowest BCUT2D eigenvalue weighted by molar-refractivity contribution is -0.178. The van der Waals surface area contributed by atoms with Crippen LogP contribution in [0.1, 0.15) is 40.5 Å². The minimum absolute atomic E-state index is 0.125. The summed E-state index contributed by atoms with van der Waals surface area (Å²) < 4.78 is 0. The third-order valence-electron chi connectivity index (χ3n) is 5.42. The molecule has 0 radical (unpaired) electrons. The van der Waals surface area contributed by atoms with E-state index in [0.717, 1.165) is 0 Å². The molecule has 104 valence electrons. The normalized spacial score (nSPS) is 42.3. The number of nitrogens with zero attached hydrogens (tertiary/aromatic N) is 1. The van der Waals surface area contributed by atoms with Crippen LogP contribution >= 0.6 is 11.6 Å². The third kappa shape index (κ3) is 1.32. The number of piperidine rings is 1. The standard InChI is InChI=1S/C16H22ClNO/c1-5-12(9-13(17)11(3)19)16-7-6-15(16,4)14-8-10(2)18(14)16/h5,8-11,19H,6-7H2,1-4H3/b12-5+,13-9+. The SMILES string of the molecule is C/C=C(\C=C(\Cl)C(C)O)C12CCC1(C)C1=CC(C)N12. The van der Waals surface area contributed by atoms with E-state index in [-0.39, 0.29) is 11.0 Å². The molecule has 1 saturated carbocycles. The van der Waals surface area contributed by atoms with Crippen LogP contribution in [0, 0.1) is 5.41 Å². The molecule has 1 aliphatic carbocycles. The second-order valence-corrected chi connectivity index (χ2v) is 6.74. The molecule has 2 heterocycles. The monoisotopic (exact) mass is 279 g/mol. The minimum atomic E-state index is -0.594. The number of hydrogen-bond donors (Lipinski definition) is 1. The molecule has 2 nitrogen and oxygen atoms in total. The summed E-state index contributed by atoms with van der Waals surface area (Å²) in [4.78, 5) is 2.54. The Morgan fingerprint density at radius 1 is 1.58 bits per heavy atom. The molecule has 4 unspecified atom stereocenters. The zero-order valence-electron chi connectivity index (χ0n) is 12.1. The second-order valence-electron chi connectivity index (χ2n) is 6.30. The molecule has 0 aromatic rings. The smallest absolute Gasteiger partial charge is 0.0867 e. The van der Waals surface area contributed by atoms with E-state index in [9.17, 15) is 5.11 Å². The lowest BCUT2D eigenvalue weighted by atomic mass is 9.41. The average Bonchev–Trinajstić information content (AvgIpc) is 2.36. The van der Waals surface area contributed by atoms with Crippen molar-refractivity contribution in [1.29, 1.82) is 0 Å². The van der Waals surface area contributed by atoms with Crippen LogP contribution in [-0.4, -0.2) is 27.7 Å². The van der Waals surface area contributed by atoms with Gasteiger partial charge in [-0.2, -0.15) is 0 Å². The van der Waals surface area contributed by atoms with Gasteiger partial charge in [0.05, 0.1) is 11.6 Å². The van der Waals surface area contributed by atoms with Gasteiger partial charge < -0.3 is 10.0 Å². The molecule has 3 heteroatoms. The first kappa shape index (κ1) is 13.3. The lowest BCUT2D eigenvalue weighted by Crippen LogP contribution is -2.82. The zero-order chi connectivity index (χ0) is 14.0. The molecule has 0 amide bonds. The van der Waals surface area contributed by atoms with E-state index in [2.05, 4.69) is 37.8 Å². The maximum Gasteiger partial charge on any atom is 0.0867 e. The summed E-state index contributed by atoms with van der Waals surface area (Å²) in [5, 5.41) is 10.1. The Balaban J connectivity index is 1.98. The quantitative estimate of drug-likeness (QED) is 0.798. The summed E-state index contributed by atoms with van der Waals surface area (Å²) in [5.41, 5.74) is 3.18. The molecule has 1 N–H and O–H groups in total. The maximum atomic E-state index is 9.60. The van der Waals surface area contributed by atoms with Gasteiger partial charge in [-0.05, 0) is 51.3 Å². The van der Waals surface area contributed by atoms with Crippen molar-refractivity contribution < 1.29 is 5.11 Å². The van der Waals surface area contributed by atoms with Gasteiger partial charge in [-0.25, -0.2) is 0 Å². The molecule has 3 aliphatic rings. The van der Waals surface area contributed by atoms with Gasteiger partial charge in [-0.3, -0.25) is 0 Å². The van der Waals surface area contributed by atoms with Crippen molar-refractivity contribution in [3.8, 4) is 0 Å². The van der Waals surface area contributed by atoms with Crippen LogP contribution in [0.5, 0.6) is 0 Å². The van der Waals surface area contributed by atoms with Crippen molar-refractivity contribution in [3.05, 3.63) is 34.5 Å². The van der Waals surface area contributed by atoms with Gasteiger partial charge in [-0.1, -0.05) is 24.6 Å². The molecular formula is C16H22ClNO. The molecule has 0 aromatic carbocycles. The van der Waals surface area contributed by atoms with E-state index in [4.69, 9.17) is 11.6 Å². The van der Waals surface area contributed by atoms with Crippen molar-refractivity contribution in [2.75, 3.05) is 0 Å². The van der Waals surface area contributed by atoms with Crippen LogP contribution in [0.25, 0.3) is 0 Å². The highest BCUT2D eigenvalue weighted by Gasteiger charge is 2.75. The molecule has 0 bridgehead atoms. The van der Waals surface area contributed by atoms with Gasteiger partial charge in [0.15, 0.2) is 0 Å². The van der Waals surface area contributed by atoms with E-state index < -0.39 is 6.10 Å². The van der Waals surface area contributed by atoms with Crippen molar-refractivity contribution in [2.24, 2.45) is 5.41 Å². The highest BCUT2D eigenvalue weighted by atomic mass is 35.5. The fraction of sp³-hybridized carbons (Fsp3) is 0.625. The first-order valence-electron chi connectivity index (χ1n) is 7.12. The number of hydrogen-bond acceptors (Lipinski definition) is 2. The Kier molecular flexibility index (Phi) is 2.72. The Morgan fingerprint density at radius 2 is 2.26 bits per heavy atom. The Hall–Kier alpha value is -0.730. The first-order valence-corrected chi connectivity index (χ1v) is 7.50. The van der Waals surface area contributed by atoms with E-state index in [1.807, 2.05) is 6.08 Å². The third-order valence-corrected chi connectivity index (χ3v) is 5.85. The lowest BCUT2D eigenvalue weighted by Gasteiger charge is -2.80. The minimum Gasteiger partial charge on any atom is -0.388 e. The molecule has 0 spiro atoms. The van der Waals surface area contributed by atoms with Crippen molar-refractivity contribution in [1.82, 2.24) is 4.90 Å². The summed E-state index contributed by atoms with van der Waals surface area (Å²) in [6.45, 7) is 8.38. The van der Waals surface area contributed by atoms with Gasteiger partial charge in [0.1, 0.15) is 0 Å². The van der Waals surface area contributed by atoms with Crippen molar-refractivity contribution in [2.45, 2.75) is 58.2 Å². The van der Waals surface area contributed by atoms with Gasteiger partial charge in [0, 0.05) is 22.2 Å². The predicted molar refractivity (Wildman–Crippen MR) is 78.8 cm³/mol. The molecule has 3 rings (SSSR count). The largest absolute Gasteiger partial charge is 0.388 e. The zero-order valence-corrected chi connectivity index (χ0v) is 12.8. The summed E-state index contributed by atoms with van der Waals surface area (Å²) in [5.74, 6) is 0. The highest BCUT2D eigenvalue weighted by molar-refractivity contribution is 6.30. The summed E-state index contributed by atoms with van der Waals surface area (Å²) in [6.07, 6.45) is 8.36. The van der Waals surface area contributed by atoms with E-state index in [0.29, 0.717) is 11.1 Å².